The second kappa shape index (κ2) is 5.77. The molecule has 0 aliphatic carbocycles. The number of likely N-dealkylation sites (tertiary alicyclic amines) is 1. The topological polar surface area (TPSA) is 46.5 Å². The SMILES string of the molecule is C[N+]1(C)CC[C@H](OC(=O)C(O)(c2cccs2)c2cccs2)C1. The number of carbonyl (C=O) groups is 1. The number of nitrogens with zero attached hydrogens (tertiary/aromatic N) is 1. The van der Waals surface area contributed by atoms with Crippen LogP contribution in [0, 0.1) is 0 Å². The third kappa shape index (κ3) is 2.84. The van der Waals surface area contributed by atoms with Gasteiger partial charge in [0.25, 0.3) is 0 Å². The maximum Gasteiger partial charge on any atom is 0.349 e. The predicted octanol–water partition coefficient (Wildman–Crippen LogP) is 2.44. The molecule has 0 amide bonds. The number of aliphatic hydroxyl groups is 1. The Kier molecular flexibility index (Phi) is 4.11. The van der Waals surface area contributed by atoms with Crippen LogP contribution in [0.5, 0.6) is 0 Å². The highest BCUT2D eigenvalue weighted by molar-refractivity contribution is 7.12. The van der Waals surface area contributed by atoms with Crippen LogP contribution in [-0.2, 0) is 15.1 Å². The highest BCUT2D eigenvalue weighted by Gasteiger charge is 2.46. The van der Waals surface area contributed by atoms with Crippen molar-refractivity contribution < 1.29 is 19.1 Å². The maximum absolute atomic E-state index is 12.8. The second-order valence-corrected chi connectivity index (χ2v) is 8.22. The fourth-order valence-electron chi connectivity index (χ4n) is 2.85. The molecule has 2 aromatic rings. The highest BCUT2D eigenvalue weighted by atomic mass is 32.1. The number of hydrogen-bond donors (Lipinski definition) is 1. The number of ether oxygens (including phenoxy) is 1. The average molecular weight is 338 g/mol. The van der Waals surface area contributed by atoms with E-state index in [-0.39, 0.29) is 6.10 Å². The van der Waals surface area contributed by atoms with Gasteiger partial charge in [-0.3, -0.25) is 0 Å². The molecule has 1 N–H and O–H groups in total. The summed E-state index contributed by atoms with van der Waals surface area (Å²) in [5.74, 6) is -0.565. The third-order valence-electron chi connectivity index (χ3n) is 4.08. The lowest BCUT2D eigenvalue weighted by Gasteiger charge is -2.26. The summed E-state index contributed by atoms with van der Waals surface area (Å²) in [6, 6.07) is 7.23. The van der Waals surface area contributed by atoms with Crippen molar-refractivity contribution in [2.24, 2.45) is 0 Å². The third-order valence-corrected chi connectivity index (χ3v) is 6.04. The van der Waals surface area contributed by atoms with Gasteiger partial charge < -0.3 is 14.3 Å². The predicted molar refractivity (Wildman–Crippen MR) is 88.0 cm³/mol. The van der Waals surface area contributed by atoms with E-state index < -0.39 is 11.6 Å². The standard InChI is InChI=1S/C16H20NO3S2/c1-17(2)8-7-12(11-17)20-15(18)16(19,13-5-3-9-21-13)14-6-4-10-22-14/h3-6,9-10,12,19H,7-8,11H2,1-2H3/q+1/t12-/m0/s1. The van der Waals surface area contributed by atoms with Crippen molar-refractivity contribution in [2.45, 2.75) is 18.1 Å². The number of likely N-dealkylation sites (N-methyl/N-ethyl adjacent to an activating group) is 1. The zero-order valence-corrected chi connectivity index (χ0v) is 14.3. The Labute approximate surface area is 138 Å². The Balaban J connectivity index is 1.86. The molecule has 1 atom stereocenters. The van der Waals surface area contributed by atoms with E-state index in [0.29, 0.717) is 9.75 Å². The summed E-state index contributed by atoms with van der Waals surface area (Å²) >= 11 is 2.73. The first kappa shape index (κ1) is 15.7. The Morgan fingerprint density at radius 2 is 1.86 bits per heavy atom. The number of hydrogen-bond acceptors (Lipinski definition) is 5. The first-order valence-corrected chi connectivity index (χ1v) is 9.01. The molecule has 1 saturated heterocycles. The Morgan fingerprint density at radius 3 is 2.27 bits per heavy atom. The number of carbonyl (C=O) groups excluding carboxylic acids is 1. The van der Waals surface area contributed by atoms with Crippen LogP contribution in [0.25, 0.3) is 0 Å². The number of thiophene rings is 2. The molecule has 0 unspecified atom stereocenters. The summed E-state index contributed by atoms with van der Waals surface area (Å²) in [5, 5.41) is 14.8. The molecule has 1 aliphatic rings. The van der Waals surface area contributed by atoms with Gasteiger partial charge in [-0.05, 0) is 22.9 Å². The Hall–Kier alpha value is -1.21. The van der Waals surface area contributed by atoms with Crippen molar-refractivity contribution >= 4 is 28.6 Å². The van der Waals surface area contributed by atoms with E-state index >= 15 is 0 Å². The first-order chi connectivity index (χ1) is 10.4. The number of esters is 1. The van der Waals surface area contributed by atoms with Crippen molar-refractivity contribution in [2.75, 3.05) is 27.2 Å². The monoisotopic (exact) mass is 338 g/mol. The molecule has 0 aromatic carbocycles. The molecule has 0 spiro atoms. The first-order valence-electron chi connectivity index (χ1n) is 7.25. The van der Waals surface area contributed by atoms with E-state index in [1.54, 1.807) is 12.1 Å². The van der Waals surface area contributed by atoms with E-state index in [1.807, 2.05) is 22.9 Å². The normalized spacial score (nSPS) is 21.0. The van der Waals surface area contributed by atoms with Crippen molar-refractivity contribution in [1.82, 2.24) is 0 Å². The fraction of sp³-hybridized carbons (Fsp3) is 0.438. The smallest absolute Gasteiger partial charge is 0.349 e. The minimum Gasteiger partial charge on any atom is -0.453 e. The molecule has 0 radical (unpaired) electrons. The van der Waals surface area contributed by atoms with Crippen LogP contribution < -0.4 is 0 Å². The fourth-order valence-corrected chi connectivity index (χ4v) is 4.57. The van der Waals surface area contributed by atoms with Crippen LogP contribution in [-0.4, -0.2) is 48.8 Å². The lowest BCUT2D eigenvalue weighted by atomic mass is 10.00. The van der Waals surface area contributed by atoms with Crippen LogP contribution in [0.2, 0.25) is 0 Å². The van der Waals surface area contributed by atoms with Crippen LogP contribution in [0.3, 0.4) is 0 Å². The summed E-state index contributed by atoms with van der Waals surface area (Å²) in [7, 11) is 4.25. The minimum absolute atomic E-state index is 0.131. The molecule has 118 valence electrons. The summed E-state index contributed by atoms with van der Waals surface area (Å²) in [6.07, 6.45) is 0.706. The molecular weight excluding hydrogens is 318 g/mol. The van der Waals surface area contributed by atoms with Gasteiger partial charge in [-0.2, -0.15) is 0 Å². The molecule has 2 aromatic heterocycles. The van der Waals surface area contributed by atoms with Crippen molar-refractivity contribution in [3.05, 3.63) is 44.8 Å². The number of quaternary nitrogens is 1. The summed E-state index contributed by atoms with van der Waals surface area (Å²) in [6.45, 7) is 1.77. The highest BCUT2D eigenvalue weighted by Crippen LogP contribution is 2.37. The van der Waals surface area contributed by atoms with Gasteiger partial charge in [0, 0.05) is 6.42 Å². The molecule has 3 rings (SSSR count). The molecule has 22 heavy (non-hydrogen) atoms. The molecule has 4 nitrogen and oxygen atoms in total. The summed E-state index contributed by atoms with van der Waals surface area (Å²) < 4.78 is 6.51. The van der Waals surface area contributed by atoms with Crippen LogP contribution in [0.15, 0.2) is 35.0 Å². The molecule has 6 heteroatoms. The lowest BCUT2D eigenvalue weighted by molar-refractivity contribution is -0.879. The van der Waals surface area contributed by atoms with E-state index in [4.69, 9.17) is 4.74 Å². The van der Waals surface area contributed by atoms with Crippen LogP contribution >= 0.6 is 22.7 Å². The van der Waals surface area contributed by atoms with Gasteiger partial charge in [0.1, 0.15) is 6.54 Å². The van der Waals surface area contributed by atoms with Gasteiger partial charge in [-0.15, -0.1) is 22.7 Å². The maximum atomic E-state index is 12.8. The molecular formula is C16H20NO3S2+. The molecule has 0 bridgehead atoms. The second-order valence-electron chi connectivity index (χ2n) is 6.32. The van der Waals surface area contributed by atoms with Crippen molar-refractivity contribution in [3.8, 4) is 0 Å². The summed E-state index contributed by atoms with van der Waals surface area (Å²) in [4.78, 5) is 14.0. The average Bonchev–Trinajstić information content (AvgIpc) is 3.19. The van der Waals surface area contributed by atoms with E-state index in [9.17, 15) is 9.90 Å². The van der Waals surface area contributed by atoms with Gasteiger partial charge in [-0.1, -0.05) is 12.1 Å². The van der Waals surface area contributed by atoms with Crippen molar-refractivity contribution in [3.63, 3.8) is 0 Å². The largest absolute Gasteiger partial charge is 0.453 e. The minimum atomic E-state index is -1.69. The van der Waals surface area contributed by atoms with E-state index in [1.165, 1.54) is 22.7 Å². The molecule has 3 heterocycles. The van der Waals surface area contributed by atoms with E-state index in [2.05, 4.69) is 14.1 Å². The van der Waals surface area contributed by atoms with Gasteiger partial charge >= 0.3 is 5.97 Å². The molecule has 1 fully saturated rings. The van der Waals surface area contributed by atoms with Gasteiger partial charge in [0.2, 0.25) is 5.60 Å². The Morgan fingerprint density at radius 1 is 1.27 bits per heavy atom. The zero-order chi connectivity index (χ0) is 15.8. The molecule has 1 aliphatic heterocycles. The molecule has 0 saturated carbocycles. The lowest BCUT2D eigenvalue weighted by Crippen LogP contribution is -2.42. The van der Waals surface area contributed by atoms with Crippen LogP contribution in [0.4, 0.5) is 0 Å². The van der Waals surface area contributed by atoms with Gasteiger partial charge in [-0.25, -0.2) is 4.79 Å². The summed E-state index contributed by atoms with van der Waals surface area (Å²) in [5.41, 5.74) is -1.69. The Bertz CT molecular complexity index is 600. The number of rotatable bonds is 4. The van der Waals surface area contributed by atoms with E-state index in [0.717, 1.165) is 24.0 Å². The van der Waals surface area contributed by atoms with Gasteiger partial charge in [0.15, 0.2) is 6.10 Å². The van der Waals surface area contributed by atoms with Gasteiger partial charge in [0.05, 0.1) is 30.4 Å². The zero-order valence-electron chi connectivity index (χ0n) is 12.7. The van der Waals surface area contributed by atoms with Crippen molar-refractivity contribution in [1.29, 1.82) is 0 Å². The quantitative estimate of drug-likeness (QED) is 0.688. The van der Waals surface area contributed by atoms with Crippen LogP contribution in [0.1, 0.15) is 16.2 Å².